The fraction of sp³-hybridized carbons (Fsp3) is 0.385. The Bertz CT molecular complexity index is 630. The highest BCUT2D eigenvalue weighted by Crippen LogP contribution is 2.23. The predicted molar refractivity (Wildman–Crippen MR) is 72.0 cm³/mol. The average Bonchev–Trinajstić information content (AvgIpc) is 2.42. The highest BCUT2D eigenvalue weighted by atomic mass is 19.1. The van der Waals surface area contributed by atoms with Crippen molar-refractivity contribution in [2.45, 2.75) is 19.4 Å². The number of aromatic nitrogens is 1. The highest BCUT2D eigenvalue weighted by Gasteiger charge is 2.44. The second kappa shape index (κ2) is 5.12. The van der Waals surface area contributed by atoms with E-state index < -0.39 is 29.1 Å². The molecule has 0 aromatic carbocycles. The number of nitrogens with zero attached hydrogens (tertiary/aromatic N) is 2. The van der Waals surface area contributed by atoms with Crippen LogP contribution in [0.25, 0.3) is 0 Å². The van der Waals surface area contributed by atoms with Gasteiger partial charge in [0.1, 0.15) is 12.1 Å². The summed E-state index contributed by atoms with van der Waals surface area (Å²) in [5.74, 6) is -2.84. The minimum Gasteiger partial charge on any atom is -0.371 e. The summed E-state index contributed by atoms with van der Waals surface area (Å²) in [5, 5.41) is 4.68. The van der Waals surface area contributed by atoms with E-state index in [2.05, 4.69) is 15.6 Å². The SMILES string of the molecule is CNc1nccc(C(=O)N2CC(=O)NC(=O)C2(C)C)c1F. The number of nitrogens with one attached hydrogen (secondary N) is 2. The van der Waals surface area contributed by atoms with Crippen molar-refractivity contribution in [3.05, 3.63) is 23.6 Å². The molecule has 3 amide bonds. The first-order valence-corrected chi connectivity index (χ1v) is 6.27. The summed E-state index contributed by atoms with van der Waals surface area (Å²) < 4.78 is 14.2. The molecule has 2 heterocycles. The summed E-state index contributed by atoms with van der Waals surface area (Å²) in [4.78, 5) is 40.6. The normalized spacial score (nSPS) is 17.4. The fourth-order valence-corrected chi connectivity index (χ4v) is 2.04. The number of imide groups is 1. The van der Waals surface area contributed by atoms with E-state index in [1.807, 2.05) is 0 Å². The van der Waals surface area contributed by atoms with Gasteiger partial charge in [-0.1, -0.05) is 0 Å². The first kappa shape index (κ1) is 14.9. The van der Waals surface area contributed by atoms with Gasteiger partial charge < -0.3 is 10.2 Å². The molecule has 2 N–H and O–H groups in total. The summed E-state index contributed by atoms with van der Waals surface area (Å²) in [7, 11) is 1.47. The zero-order valence-corrected chi connectivity index (χ0v) is 11.9. The molecule has 21 heavy (non-hydrogen) atoms. The molecule has 0 aliphatic carbocycles. The van der Waals surface area contributed by atoms with E-state index in [4.69, 9.17) is 0 Å². The van der Waals surface area contributed by atoms with E-state index in [0.717, 1.165) is 4.90 Å². The van der Waals surface area contributed by atoms with Crippen molar-refractivity contribution in [3.63, 3.8) is 0 Å². The van der Waals surface area contributed by atoms with Crippen LogP contribution in [0.2, 0.25) is 0 Å². The number of rotatable bonds is 2. The van der Waals surface area contributed by atoms with Crippen LogP contribution >= 0.6 is 0 Å². The summed E-state index contributed by atoms with van der Waals surface area (Å²) in [6, 6.07) is 1.21. The highest BCUT2D eigenvalue weighted by molar-refractivity contribution is 6.09. The zero-order valence-electron chi connectivity index (χ0n) is 11.9. The molecule has 7 nitrogen and oxygen atoms in total. The van der Waals surface area contributed by atoms with Gasteiger partial charge in [-0.3, -0.25) is 19.7 Å². The minimum absolute atomic E-state index is 0.0774. The number of hydrogen-bond acceptors (Lipinski definition) is 5. The summed E-state index contributed by atoms with van der Waals surface area (Å²) >= 11 is 0. The van der Waals surface area contributed by atoms with E-state index in [0.29, 0.717) is 0 Å². The van der Waals surface area contributed by atoms with Crippen LogP contribution in [-0.4, -0.2) is 46.7 Å². The van der Waals surface area contributed by atoms with Gasteiger partial charge in [0.15, 0.2) is 11.6 Å². The average molecular weight is 294 g/mol. The topological polar surface area (TPSA) is 91.4 Å². The van der Waals surface area contributed by atoms with Gasteiger partial charge in [0, 0.05) is 13.2 Å². The molecule has 0 spiro atoms. The molecular formula is C13H15FN4O3. The second-order valence-electron chi connectivity index (χ2n) is 5.10. The van der Waals surface area contributed by atoms with Gasteiger partial charge in [-0.2, -0.15) is 0 Å². The molecule has 2 rings (SSSR count). The number of piperazine rings is 1. The van der Waals surface area contributed by atoms with Crippen LogP contribution in [0.4, 0.5) is 10.2 Å². The van der Waals surface area contributed by atoms with Crippen molar-refractivity contribution < 1.29 is 18.8 Å². The molecule has 1 aliphatic rings. The molecule has 0 bridgehead atoms. The van der Waals surface area contributed by atoms with E-state index in [-0.39, 0.29) is 17.9 Å². The van der Waals surface area contributed by atoms with Gasteiger partial charge in [0.05, 0.1) is 5.56 Å². The molecule has 0 atom stereocenters. The van der Waals surface area contributed by atoms with E-state index in [1.54, 1.807) is 0 Å². The smallest absolute Gasteiger partial charge is 0.258 e. The van der Waals surface area contributed by atoms with Crippen LogP contribution in [0.1, 0.15) is 24.2 Å². The van der Waals surface area contributed by atoms with Crippen LogP contribution in [0.3, 0.4) is 0 Å². The Morgan fingerprint density at radius 3 is 2.76 bits per heavy atom. The Morgan fingerprint density at radius 2 is 2.14 bits per heavy atom. The predicted octanol–water partition coefficient (Wildman–Crippen LogP) is 0.140. The number of anilines is 1. The van der Waals surface area contributed by atoms with Crippen molar-refractivity contribution >= 4 is 23.5 Å². The lowest BCUT2D eigenvalue weighted by Gasteiger charge is -2.40. The van der Waals surface area contributed by atoms with Gasteiger partial charge in [0.25, 0.3) is 11.8 Å². The lowest BCUT2D eigenvalue weighted by molar-refractivity contribution is -0.143. The number of amides is 3. The molecule has 1 aliphatic heterocycles. The second-order valence-corrected chi connectivity index (χ2v) is 5.10. The Hall–Kier alpha value is -2.51. The van der Waals surface area contributed by atoms with Gasteiger partial charge >= 0.3 is 0 Å². The van der Waals surface area contributed by atoms with Crippen molar-refractivity contribution in [1.29, 1.82) is 0 Å². The standard InChI is InChI=1S/C13H15FN4O3/c1-13(2)12(21)17-8(19)6-18(13)11(20)7-4-5-16-10(15-3)9(7)14/h4-5H,6H2,1-3H3,(H,15,16)(H,17,19,21). The summed E-state index contributed by atoms with van der Waals surface area (Å²) in [6.45, 7) is 2.67. The lowest BCUT2D eigenvalue weighted by atomic mass is 9.97. The number of carbonyl (C=O) groups is 3. The Balaban J connectivity index is 2.43. The van der Waals surface area contributed by atoms with Crippen molar-refractivity contribution in [1.82, 2.24) is 15.2 Å². The van der Waals surface area contributed by atoms with Crippen molar-refractivity contribution in [2.75, 3.05) is 18.9 Å². The lowest BCUT2D eigenvalue weighted by Crippen LogP contribution is -2.65. The maximum atomic E-state index is 14.2. The monoisotopic (exact) mass is 294 g/mol. The molecular weight excluding hydrogens is 279 g/mol. The molecule has 1 aromatic rings. The maximum Gasteiger partial charge on any atom is 0.258 e. The quantitative estimate of drug-likeness (QED) is 0.757. The van der Waals surface area contributed by atoms with E-state index in [1.165, 1.54) is 33.2 Å². The number of halogens is 1. The minimum atomic E-state index is -1.25. The number of hydrogen-bond donors (Lipinski definition) is 2. The summed E-state index contributed by atoms with van der Waals surface area (Å²) in [5.41, 5.74) is -1.49. The van der Waals surface area contributed by atoms with Crippen molar-refractivity contribution in [3.8, 4) is 0 Å². The fourth-order valence-electron chi connectivity index (χ4n) is 2.04. The third-order valence-corrected chi connectivity index (χ3v) is 3.39. The maximum absolute atomic E-state index is 14.2. The van der Waals surface area contributed by atoms with E-state index in [9.17, 15) is 18.8 Å². The largest absolute Gasteiger partial charge is 0.371 e. The number of carbonyl (C=O) groups excluding carboxylic acids is 3. The Morgan fingerprint density at radius 1 is 1.48 bits per heavy atom. The zero-order chi connectivity index (χ0) is 15.8. The molecule has 8 heteroatoms. The molecule has 112 valence electrons. The van der Waals surface area contributed by atoms with Crippen LogP contribution in [-0.2, 0) is 9.59 Å². The molecule has 1 fully saturated rings. The van der Waals surface area contributed by atoms with Crippen LogP contribution in [0, 0.1) is 5.82 Å². The molecule has 0 unspecified atom stereocenters. The molecule has 0 saturated carbocycles. The van der Waals surface area contributed by atoms with Crippen LogP contribution in [0.15, 0.2) is 12.3 Å². The third kappa shape index (κ3) is 2.44. The van der Waals surface area contributed by atoms with Gasteiger partial charge in [-0.05, 0) is 19.9 Å². The van der Waals surface area contributed by atoms with Gasteiger partial charge in [-0.25, -0.2) is 9.37 Å². The molecule has 0 radical (unpaired) electrons. The molecule has 1 saturated heterocycles. The van der Waals surface area contributed by atoms with Crippen LogP contribution < -0.4 is 10.6 Å². The Kier molecular flexibility index (Phi) is 3.63. The van der Waals surface area contributed by atoms with Gasteiger partial charge in [-0.15, -0.1) is 0 Å². The van der Waals surface area contributed by atoms with Crippen molar-refractivity contribution in [2.24, 2.45) is 0 Å². The Labute approximate surface area is 120 Å². The summed E-state index contributed by atoms with van der Waals surface area (Å²) in [6.07, 6.45) is 1.28. The number of pyridine rings is 1. The molecule has 1 aromatic heterocycles. The first-order chi connectivity index (χ1) is 9.78. The van der Waals surface area contributed by atoms with Crippen LogP contribution in [0.5, 0.6) is 0 Å². The van der Waals surface area contributed by atoms with Gasteiger partial charge in [0.2, 0.25) is 5.91 Å². The van der Waals surface area contributed by atoms with E-state index >= 15 is 0 Å². The first-order valence-electron chi connectivity index (χ1n) is 6.27. The third-order valence-electron chi connectivity index (χ3n) is 3.39.